The molecule has 2 aromatic rings. The van der Waals surface area contributed by atoms with Gasteiger partial charge in [0.1, 0.15) is 0 Å². The summed E-state index contributed by atoms with van der Waals surface area (Å²) < 4.78 is 0. The van der Waals surface area contributed by atoms with Crippen molar-refractivity contribution >= 4 is 11.0 Å². The Bertz CT molecular complexity index is 484. The van der Waals surface area contributed by atoms with Crippen molar-refractivity contribution in [2.75, 3.05) is 19.6 Å². The first-order valence-corrected chi connectivity index (χ1v) is 6.52. The van der Waals surface area contributed by atoms with Crippen LogP contribution in [0.2, 0.25) is 0 Å². The van der Waals surface area contributed by atoms with Crippen molar-refractivity contribution in [2.24, 2.45) is 0 Å². The number of nitrogens with zero attached hydrogens (tertiary/aromatic N) is 2. The highest BCUT2D eigenvalue weighted by Crippen LogP contribution is 2.07. The number of fused-ring (bicyclic) bond motifs is 1. The summed E-state index contributed by atoms with van der Waals surface area (Å²) >= 11 is 0. The second kappa shape index (κ2) is 7.03. The predicted molar refractivity (Wildman–Crippen MR) is 74.4 cm³/mol. The van der Waals surface area contributed by atoms with Crippen LogP contribution in [-0.2, 0) is 6.54 Å². The molecule has 2 rings (SSSR count). The van der Waals surface area contributed by atoms with Crippen LogP contribution < -0.4 is 10.6 Å². The summed E-state index contributed by atoms with van der Waals surface area (Å²) in [4.78, 5) is 8.96. The van der Waals surface area contributed by atoms with E-state index in [-0.39, 0.29) is 0 Å². The Balaban J connectivity index is 1.81. The zero-order chi connectivity index (χ0) is 12.6. The maximum Gasteiger partial charge on any atom is 0.0890 e. The monoisotopic (exact) mass is 244 g/mol. The molecule has 0 aliphatic heterocycles. The number of benzene rings is 1. The highest BCUT2D eigenvalue weighted by Gasteiger charge is 1.98. The zero-order valence-corrected chi connectivity index (χ0v) is 10.8. The van der Waals surface area contributed by atoms with Crippen molar-refractivity contribution in [3.8, 4) is 0 Å². The molecule has 4 nitrogen and oxygen atoms in total. The SMILES string of the molecule is CCCNCCNCc1cnc2ccccc2n1. The van der Waals surface area contributed by atoms with Gasteiger partial charge in [0.25, 0.3) is 0 Å². The fourth-order valence-electron chi connectivity index (χ4n) is 1.78. The molecule has 0 unspecified atom stereocenters. The highest BCUT2D eigenvalue weighted by atomic mass is 15.0. The molecule has 0 aliphatic rings. The molecule has 0 atom stereocenters. The van der Waals surface area contributed by atoms with E-state index < -0.39 is 0 Å². The van der Waals surface area contributed by atoms with Crippen LogP contribution in [0.25, 0.3) is 11.0 Å². The molecule has 96 valence electrons. The van der Waals surface area contributed by atoms with Crippen molar-refractivity contribution in [2.45, 2.75) is 19.9 Å². The first-order chi connectivity index (χ1) is 8.90. The Morgan fingerprint density at radius 1 is 1.00 bits per heavy atom. The standard InChI is InChI=1S/C14H20N4/c1-2-7-15-8-9-16-10-12-11-17-13-5-3-4-6-14(13)18-12/h3-6,11,15-16H,2,7-10H2,1H3. The lowest BCUT2D eigenvalue weighted by atomic mass is 10.3. The summed E-state index contributed by atoms with van der Waals surface area (Å²) in [5.41, 5.74) is 2.90. The van der Waals surface area contributed by atoms with Gasteiger partial charge in [-0.25, -0.2) is 4.98 Å². The van der Waals surface area contributed by atoms with Crippen LogP contribution in [0.15, 0.2) is 30.5 Å². The van der Waals surface area contributed by atoms with Crippen LogP contribution in [0, 0.1) is 0 Å². The van der Waals surface area contributed by atoms with E-state index in [2.05, 4.69) is 27.5 Å². The molecule has 2 N–H and O–H groups in total. The third-order valence-electron chi connectivity index (χ3n) is 2.71. The number of para-hydroxylation sites is 2. The third-order valence-corrected chi connectivity index (χ3v) is 2.71. The minimum absolute atomic E-state index is 0.769. The van der Waals surface area contributed by atoms with Gasteiger partial charge in [0.15, 0.2) is 0 Å². The van der Waals surface area contributed by atoms with Gasteiger partial charge in [0, 0.05) is 19.6 Å². The van der Waals surface area contributed by atoms with Gasteiger partial charge in [-0.15, -0.1) is 0 Å². The van der Waals surface area contributed by atoms with Crippen LogP contribution in [-0.4, -0.2) is 29.6 Å². The van der Waals surface area contributed by atoms with E-state index in [0.29, 0.717) is 0 Å². The molecule has 1 aromatic heterocycles. The fourth-order valence-corrected chi connectivity index (χ4v) is 1.78. The van der Waals surface area contributed by atoms with Crippen LogP contribution in [0.1, 0.15) is 19.0 Å². The topological polar surface area (TPSA) is 49.8 Å². The van der Waals surface area contributed by atoms with Gasteiger partial charge in [-0.2, -0.15) is 0 Å². The molecule has 0 amide bonds. The van der Waals surface area contributed by atoms with E-state index in [0.717, 1.165) is 42.9 Å². The number of rotatable bonds is 7. The molecule has 0 saturated heterocycles. The van der Waals surface area contributed by atoms with E-state index in [1.807, 2.05) is 30.5 Å². The molecule has 1 heterocycles. The maximum absolute atomic E-state index is 4.56. The Kier molecular flexibility index (Phi) is 5.05. The minimum atomic E-state index is 0.769. The van der Waals surface area contributed by atoms with Crippen molar-refractivity contribution in [3.05, 3.63) is 36.2 Å². The van der Waals surface area contributed by atoms with Gasteiger partial charge < -0.3 is 10.6 Å². The number of hydrogen-bond donors (Lipinski definition) is 2. The third kappa shape index (κ3) is 3.75. The predicted octanol–water partition coefficient (Wildman–Crippen LogP) is 1.72. The molecular formula is C14H20N4. The average Bonchev–Trinajstić information content (AvgIpc) is 2.42. The first kappa shape index (κ1) is 12.9. The molecule has 0 fully saturated rings. The average molecular weight is 244 g/mol. The summed E-state index contributed by atoms with van der Waals surface area (Å²) in [6.07, 6.45) is 3.02. The molecule has 0 spiro atoms. The van der Waals surface area contributed by atoms with E-state index in [1.165, 1.54) is 6.42 Å². The van der Waals surface area contributed by atoms with Crippen molar-refractivity contribution in [1.29, 1.82) is 0 Å². The first-order valence-electron chi connectivity index (χ1n) is 6.52. The lowest BCUT2D eigenvalue weighted by Crippen LogP contribution is -2.27. The largest absolute Gasteiger partial charge is 0.315 e. The lowest BCUT2D eigenvalue weighted by molar-refractivity contribution is 0.602. The zero-order valence-electron chi connectivity index (χ0n) is 10.8. The van der Waals surface area contributed by atoms with Gasteiger partial charge >= 0.3 is 0 Å². The molecule has 0 radical (unpaired) electrons. The van der Waals surface area contributed by atoms with Gasteiger partial charge in [-0.1, -0.05) is 19.1 Å². The maximum atomic E-state index is 4.56. The van der Waals surface area contributed by atoms with Gasteiger partial charge in [-0.05, 0) is 25.1 Å². The lowest BCUT2D eigenvalue weighted by Gasteiger charge is -2.06. The second-order valence-electron chi connectivity index (χ2n) is 4.28. The molecule has 1 aromatic carbocycles. The molecular weight excluding hydrogens is 224 g/mol. The van der Waals surface area contributed by atoms with E-state index in [4.69, 9.17) is 0 Å². The van der Waals surface area contributed by atoms with Gasteiger partial charge in [0.2, 0.25) is 0 Å². The second-order valence-corrected chi connectivity index (χ2v) is 4.28. The smallest absolute Gasteiger partial charge is 0.0890 e. The van der Waals surface area contributed by atoms with Crippen LogP contribution >= 0.6 is 0 Å². The van der Waals surface area contributed by atoms with Crippen LogP contribution in [0.5, 0.6) is 0 Å². The van der Waals surface area contributed by atoms with Gasteiger partial charge in [0.05, 0.1) is 22.9 Å². The fraction of sp³-hybridized carbons (Fsp3) is 0.429. The van der Waals surface area contributed by atoms with E-state index >= 15 is 0 Å². The Labute approximate surface area is 108 Å². The van der Waals surface area contributed by atoms with Crippen LogP contribution in [0.3, 0.4) is 0 Å². The van der Waals surface area contributed by atoms with Crippen LogP contribution in [0.4, 0.5) is 0 Å². The Hall–Kier alpha value is -1.52. The van der Waals surface area contributed by atoms with Crippen molar-refractivity contribution < 1.29 is 0 Å². The highest BCUT2D eigenvalue weighted by molar-refractivity contribution is 5.73. The normalized spacial score (nSPS) is 10.9. The Morgan fingerprint density at radius 2 is 1.78 bits per heavy atom. The van der Waals surface area contributed by atoms with E-state index in [1.54, 1.807) is 0 Å². The summed E-state index contributed by atoms with van der Waals surface area (Å²) in [5.74, 6) is 0. The summed E-state index contributed by atoms with van der Waals surface area (Å²) in [5, 5.41) is 6.71. The van der Waals surface area contributed by atoms with Crippen molar-refractivity contribution in [3.63, 3.8) is 0 Å². The summed E-state index contributed by atoms with van der Waals surface area (Å²) in [6.45, 7) is 5.97. The van der Waals surface area contributed by atoms with Gasteiger partial charge in [-0.3, -0.25) is 4.98 Å². The number of hydrogen-bond acceptors (Lipinski definition) is 4. The molecule has 4 heteroatoms. The molecule has 0 aliphatic carbocycles. The number of nitrogens with one attached hydrogen (secondary N) is 2. The van der Waals surface area contributed by atoms with Crippen molar-refractivity contribution in [1.82, 2.24) is 20.6 Å². The Morgan fingerprint density at radius 3 is 2.61 bits per heavy atom. The minimum Gasteiger partial charge on any atom is -0.315 e. The van der Waals surface area contributed by atoms with E-state index in [9.17, 15) is 0 Å². The summed E-state index contributed by atoms with van der Waals surface area (Å²) in [6, 6.07) is 7.94. The molecule has 0 saturated carbocycles. The number of aromatic nitrogens is 2. The molecule has 0 bridgehead atoms. The quantitative estimate of drug-likeness (QED) is 0.728. The molecule has 18 heavy (non-hydrogen) atoms. The summed E-state index contributed by atoms with van der Waals surface area (Å²) in [7, 11) is 0.